The van der Waals surface area contributed by atoms with E-state index in [9.17, 15) is 4.79 Å². The largest absolute Gasteiger partial charge is 0.382 e. The molecule has 0 aliphatic heterocycles. The average molecular weight is 440 g/mol. The highest BCUT2D eigenvalue weighted by atomic mass is 32.2. The first-order valence-electron chi connectivity index (χ1n) is 10.8. The molecular weight excluding hydrogens is 414 g/mol. The van der Waals surface area contributed by atoms with Crippen molar-refractivity contribution in [1.29, 1.82) is 0 Å². The van der Waals surface area contributed by atoms with Crippen LogP contribution in [0, 0.1) is 0 Å². The number of ether oxygens (including phenoxy) is 1. The Balaban J connectivity index is 1.51. The molecule has 3 aromatic heterocycles. The van der Waals surface area contributed by atoms with Gasteiger partial charge in [0.25, 0.3) is 5.56 Å². The van der Waals surface area contributed by atoms with Gasteiger partial charge in [0.05, 0.1) is 16.6 Å². The minimum absolute atomic E-state index is 0.0471. The zero-order valence-electron chi connectivity index (χ0n) is 17.5. The SMILES string of the molecule is CCOCCCn1c(=O)c2ccccc2n2c(SCc3noc4c3CCCC4)nnc12. The number of rotatable bonds is 8. The Morgan fingerprint density at radius 2 is 2.06 bits per heavy atom. The van der Waals surface area contributed by atoms with Crippen LogP contribution in [0.1, 0.15) is 43.2 Å². The van der Waals surface area contributed by atoms with E-state index < -0.39 is 0 Å². The van der Waals surface area contributed by atoms with Crippen molar-refractivity contribution in [3.63, 3.8) is 0 Å². The summed E-state index contributed by atoms with van der Waals surface area (Å²) in [4.78, 5) is 13.1. The molecule has 1 aliphatic carbocycles. The number of nitrogens with zero attached hydrogens (tertiary/aromatic N) is 5. The van der Waals surface area contributed by atoms with Gasteiger partial charge in [0, 0.05) is 37.5 Å². The standard InChI is InChI=1S/C22H25N5O3S/c1-2-29-13-7-12-26-20(28)16-9-3-5-10-18(16)27-21(26)23-24-22(27)31-14-17-15-8-4-6-11-19(15)30-25-17/h3,5,9-10H,2,4,6-8,11-14H2,1H3. The van der Waals surface area contributed by atoms with E-state index in [4.69, 9.17) is 9.26 Å². The van der Waals surface area contributed by atoms with E-state index in [0.29, 0.717) is 36.7 Å². The van der Waals surface area contributed by atoms with Gasteiger partial charge >= 0.3 is 0 Å². The van der Waals surface area contributed by atoms with Crippen molar-refractivity contribution in [2.45, 2.75) is 56.5 Å². The van der Waals surface area contributed by atoms with Crippen molar-refractivity contribution in [3.05, 3.63) is 51.6 Å². The molecule has 0 N–H and O–H groups in total. The summed E-state index contributed by atoms with van der Waals surface area (Å²) in [7, 11) is 0. The Morgan fingerprint density at radius 1 is 1.19 bits per heavy atom. The maximum absolute atomic E-state index is 13.1. The van der Waals surface area contributed by atoms with E-state index in [1.165, 1.54) is 12.0 Å². The second-order valence-corrected chi connectivity index (χ2v) is 8.61. The summed E-state index contributed by atoms with van der Waals surface area (Å²) in [5.74, 6) is 2.25. The summed E-state index contributed by atoms with van der Waals surface area (Å²) in [6.45, 7) is 3.77. The van der Waals surface area contributed by atoms with Crippen LogP contribution in [0.15, 0.2) is 38.7 Å². The fourth-order valence-corrected chi connectivity index (χ4v) is 5.09. The van der Waals surface area contributed by atoms with Crippen LogP contribution in [-0.4, -0.2) is 37.5 Å². The monoisotopic (exact) mass is 439 g/mol. The van der Waals surface area contributed by atoms with E-state index >= 15 is 0 Å². The van der Waals surface area contributed by atoms with Crippen molar-refractivity contribution >= 4 is 28.4 Å². The van der Waals surface area contributed by atoms with E-state index in [-0.39, 0.29) is 5.56 Å². The molecular formula is C22H25N5O3S. The molecule has 0 atom stereocenters. The summed E-state index contributed by atoms with van der Waals surface area (Å²) in [5, 5.41) is 14.5. The highest BCUT2D eigenvalue weighted by Gasteiger charge is 2.21. The van der Waals surface area contributed by atoms with Crippen LogP contribution in [0.5, 0.6) is 0 Å². The third-order valence-corrected chi connectivity index (χ3v) is 6.66. The highest BCUT2D eigenvalue weighted by molar-refractivity contribution is 7.98. The van der Waals surface area contributed by atoms with Crippen LogP contribution < -0.4 is 5.56 Å². The molecule has 5 rings (SSSR count). The average Bonchev–Trinajstić information content (AvgIpc) is 3.41. The minimum Gasteiger partial charge on any atom is -0.382 e. The van der Waals surface area contributed by atoms with Gasteiger partial charge in [-0.15, -0.1) is 10.2 Å². The predicted molar refractivity (Wildman–Crippen MR) is 119 cm³/mol. The molecule has 0 saturated carbocycles. The van der Waals surface area contributed by atoms with Crippen molar-refractivity contribution in [1.82, 2.24) is 24.3 Å². The summed E-state index contributed by atoms with van der Waals surface area (Å²) < 4.78 is 14.7. The second-order valence-electron chi connectivity index (χ2n) is 7.67. The quantitative estimate of drug-likeness (QED) is 0.306. The van der Waals surface area contributed by atoms with Gasteiger partial charge in [-0.05, 0) is 44.7 Å². The molecule has 31 heavy (non-hydrogen) atoms. The molecule has 3 heterocycles. The van der Waals surface area contributed by atoms with E-state index in [0.717, 1.165) is 47.8 Å². The lowest BCUT2D eigenvalue weighted by Gasteiger charge is -2.11. The number of thioether (sulfide) groups is 1. The molecule has 9 heteroatoms. The highest BCUT2D eigenvalue weighted by Crippen LogP contribution is 2.30. The molecule has 0 radical (unpaired) electrons. The molecule has 162 valence electrons. The van der Waals surface area contributed by atoms with Gasteiger partial charge in [0.2, 0.25) is 5.78 Å². The Bertz CT molecular complexity index is 1280. The number of aryl methyl sites for hydroxylation is 2. The molecule has 0 unspecified atom stereocenters. The minimum atomic E-state index is -0.0471. The molecule has 0 spiro atoms. The molecule has 4 aromatic rings. The first-order valence-corrected chi connectivity index (χ1v) is 11.8. The van der Waals surface area contributed by atoms with Crippen LogP contribution in [0.4, 0.5) is 0 Å². The summed E-state index contributed by atoms with van der Waals surface area (Å²) in [5.41, 5.74) is 3.02. The van der Waals surface area contributed by atoms with E-state index in [2.05, 4.69) is 15.4 Å². The van der Waals surface area contributed by atoms with Gasteiger partial charge in [-0.2, -0.15) is 0 Å². The third-order valence-electron chi connectivity index (χ3n) is 5.72. The molecule has 1 aromatic carbocycles. The molecule has 0 saturated heterocycles. The van der Waals surface area contributed by atoms with Gasteiger partial charge < -0.3 is 9.26 Å². The summed E-state index contributed by atoms with van der Waals surface area (Å²) >= 11 is 1.58. The van der Waals surface area contributed by atoms with Gasteiger partial charge in [-0.3, -0.25) is 13.8 Å². The van der Waals surface area contributed by atoms with Gasteiger partial charge in [-0.1, -0.05) is 29.1 Å². The first kappa shape index (κ1) is 20.3. The predicted octanol–water partition coefficient (Wildman–Crippen LogP) is 3.63. The fourth-order valence-electron chi connectivity index (χ4n) is 4.19. The van der Waals surface area contributed by atoms with Crippen LogP contribution in [0.2, 0.25) is 0 Å². The normalized spacial score (nSPS) is 13.8. The zero-order chi connectivity index (χ0) is 21.2. The van der Waals surface area contributed by atoms with Crippen molar-refractivity contribution in [2.24, 2.45) is 0 Å². The molecule has 0 amide bonds. The molecule has 1 aliphatic rings. The second kappa shape index (κ2) is 8.84. The van der Waals surface area contributed by atoms with Crippen LogP contribution in [-0.2, 0) is 29.9 Å². The van der Waals surface area contributed by atoms with E-state index in [1.807, 2.05) is 35.6 Å². The van der Waals surface area contributed by atoms with Crippen molar-refractivity contribution in [2.75, 3.05) is 13.2 Å². The van der Waals surface area contributed by atoms with Gasteiger partial charge in [0.1, 0.15) is 5.76 Å². The van der Waals surface area contributed by atoms with Crippen molar-refractivity contribution in [3.8, 4) is 0 Å². The number of fused-ring (bicyclic) bond motifs is 4. The molecule has 0 bridgehead atoms. The zero-order valence-corrected chi connectivity index (χ0v) is 18.4. The Kier molecular flexibility index (Phi) is 5.78. The van der Waals surface area contributed by atoms with Gasteiger partial charge in [0.15, 0.2) is 5.16 Å². The Labute approximate surface area is 183 Å². The molecule has 8 nitrogen and oxygen atoms in total. The maximum Gasteiger partial charge on any atom is 0.262 e. The van der Waals surface area contributed by atoms with Crippen LogP contribution in [0.3, 0.4) is 0 Å². The van der Waals surface area contributed by atoms with Crippen LogP contribution in [0.25, 0.3) is 16.7 Å². The Morgan fingerprint density at radius 3 is 2.97 bits per heavy atom. The molecule has 0 fully saturated rings. The number of hydrogen-bond acceptors (Lipinski definition) is 7. The third kappa shape index (κ3) is 3.76. The Hall–Kier alpha value is -2.65. The van der Waals surface area contributed by atoms with E-state index in [1.54, 1.807) is 16.3 Å². The maximum atomic E-state index is 13.1. The topological polar surface area (TPSA) is 87.5 Å². The smallest absolute Gasteiger partial charge is 0.262 e. The number of para-hydroxylation sites is 1. The van der Waals surface area contributed by atoms with Crippen molar-refractivity contribution < 1.29 is 9.26 Å². The summed E-state index contributed by atoms with van der Waals surface area (Å²) in [6.07, 6.45) is 5.08. The number of hydrogen-bond donors (Lipinski definition) is 0. The lowest BCUT2D eigenvalue weighted by Crippen LogP contribution is -2.24. The number of aromatic nitrogens is 5. The summed E-state index contributed by atoms with van der Waals surface area (Å²) in [6, 6.07) is 7.63. The van der Waals surface area contributed by atoms with Gasteiger partial charge in [-0.25, -0.2) is 0 Å². The first-order chi connectivity index (χ1) is 15.3. The lowest BCUT2D eigenvalue weighted by molar-refractivity contribution is 0.141. The number of benzene rings is 1. The fraction of sp³-hybridized carbons (Fsp3) is 0.455. The van der Waals surface area contributed by atoms with Crippen LogP contribution >= 0.6 is 11.8 Å². The lowest BCUT2D eigenvalue weighted by atomic mass is 9.97.